The molecule has 0 unspecified atom stereocenters. The van der Waals surface area contributed by atoms with E-state index in [4.69, 9.17) is 0 Å². The molecule has 96 valence electrons. The van der Waals surface area contributed by atoms with Crippen molar-refractivity contribution in [3.63, 3.8) is 0 Å². The van der Waals surface area contributed by atoms with E-state index in [1.54, 1.807) is 7.05 Å². The van der Waals surface area contributed by atoms with Crippen molar-refractivity contribution < 1.29 is 8.42 Å². The number of aromatic nitrogens is 2. The lowest BCUT2D eigenvalue weighted by Gasteiger charge is -2.13. The molecule has 1 aliphatic rings. The Balaban J connectivity index is 1.94. The zero-order valence-electron chi connectivity index (χ0n) is 9.92. The molecule has 0 bridgehead atoms. The number of sulfonamides is 1. The number of likely N-dealkylation sites (tertiary alicyclic amines) is 1. The van der Waals surface area contributed by atoms with Crippen molar-refractivity contribution in [2.45, 2.75) is 17.4 Å². The third-order valence-corrected chi connectivity index (χ3v) is 4.00. The molecular formula is C9H17N5O2S. The second-order valence-corrected chi connectivity index (χ2v) is 6.03. The van der Waals surface area contributed by atoms with Gasteiger partial charge in [0.25, 0.3) is 10.0 Å². The molecule has 1 fully saturated rings. The molecule has 2 rings (SSSR count). The van der Waals surface area contributed by atoms with Gasteiger partial charge < -0.3 is 4.90 Å². The number of hydrogen-bond acceptors (Lipinski definition) is 5. The van der Waals surface area contributed by atoms with Crippen molar-refractivity contribution in [3.05, 3.63) is 12.4 Å². The minimum Gasteiger partial charge on any atom is -0.305 e. The van der Waals surface area contributed by atoms with Gasteiger partial charge in [-0.1, -0.05) is 0 Å². The fourth-order valence-electron chi connectivity index (χ4n) is 1.81. The molecule has 2 N–H and O–H groups in total. The molecule has 1 saturated heterocycles. The Hall–Kier alpha value is -0.960. The SMILES string of the molecule is CN1CC[C@H](NNS(=O)(=O)c2cnn(C)c2)C1. The molecule has 1 aromatic heterocycles. The second kappa shape index (κ2) is 4.73. The summed E-state index contributed by atoms with van der Waals surface area (Å²) in [6, 6.07) is 0.159. The number of rotatable bonds is 4. The van der Waals surface area contributed by atoms with Crippen LogP contribution < -0.4 is 10.3 Å². The average Bonchev–Trinajstić information content (AvgIpc) is 2.85. The summed E-state index contributed by atoms with van der Waals surface area (Å²) in [7, 11) is 0.183. The van der Waals surface area contributed by atoms with Crippen LogP contribution in [-0.2, 0) is 17.1 Å². The quantitative estimate of drug-likeness (QED) is 0.672. The van der Waals surface area contributed by atoms with Crippen molar-refractivity contribution in [1.29, 1.82) is 0 Å². The summed E-state index contributed by atoms with van der Waals surface area (Å²) in [5.74, 6) is 0. The Bertz CT molecular complexity index is 483. The number of nitrogens with one attached hydrogen (secondary N) is 2. The molecule has 17 heavy (non-hydrogen) atoms. The third-order valence-electron chi connectivity index (χ3n) is 2.78. The molecule has 1 atom stereocenters. The Morgan fingerprint density at radius 2 is 2.24 bits per heavy atom. The van der Waals surface area contributed by atoms with Crippen molar-refractivity contribution in [2.75, 3.05) is 20.1 Å². The summed E-state index contributed by atoms with van der Waals surface area (Å²) in [5.41, 5.74) is 2.84. The Kier molecular flexibility index (Phi) is 3.48. The van der Waals surface area contributed by atoms with E-state index in [1.165, 1.54) is 17.1 Å². The summed E-state index contributed by atoms with van der Waals surface area (Å²) in [6.07, 6.45) is 3.72. The lowest BCUT2D eigenvalue weighted by Crippen LogP contribution is -2.45. The van der Waals surface area contributed by atoms with Gasteiger partial charge in [0.15, 0.2) is 0 Å². The number of nitrogens with zero attached hydrogens (tertiary/aromatic N) is 3. The van der Waals surface area contributed by atoms with Crippen LogP contribution in [0.15, 0.2) is 17.3 Å². The van der Waals surface area contributed by atoms with Gasteiger partial charge in [0.1, 0.15) is 4.90 Å². The van der Waals surface area contributed by atoms with Crippen LogP contribution in [0.5, 0.6) is 0 Å². The summed E-state index contributed by atoms with van der Waals surface area (Å²) in [4.78, 5) is 4.71. The normalized spacial score (nSPS) is 22.1. The fraction of sp³-hybridized carbons (Fsp3) is 0.667. The molecular weight excluding hydrogens is 242 g/mol. The first-order chi connectivity index (χ1) is 7.97. The number of hydrazine groups is 1. The summed E-state index contributed by atoms with van der Waals surface area (Å²) in [5, 5.41) is 3.84. The maximum atomic E-state index is 11.8. The standard InChI is InChI=1S/C9H17N5O2S/c1-13-4-3-8(6-13)11-12-17(15,16)9-5-10-14(2)7-9/h5,7-8,11-12H,3-4,6H2,1-2H3/t8-/m0/s1. The number of aryl methyl sites for hydroxylation is 1. The highest BCUT2D eigenvalue weighted by Crippen LogP contribution is 2.07. The zero-order chi connectivity index (χ0) is 12.5. The molecule has 7 nitrogen and oxygen atoms in total. The highest BCUT2D eigenvalue weighted by Gasteiger charge is 2.22. The van der Waals surface area contributed by atoms with Gasteiger partial charge in [0, 0.05) is 25.8 Å². The number of likely N-dealkylation sites (N-methyl/N-ethyl adjacent to an activating group) is 1. The summed E-state index contributed by atoms with van der Waals surface area (Å²) < 4.78 is 25.1. The van der Waals surface area contributed by atoms with Crippen LogP contribution >= 0.6 is 0 Å². The van der Waals surface area contributed by atoms with Crippen LogP contribution in [0, 0.1) is 0 Å². The van der Waals surface area contributed by atoms with Crippen LogP contribution in [0.1, 0.15) is 6.42 Å². The first kappa shape index (κ1) is 12.5. The monoisotopic (exact) mass is 259 g/mol. The Labute approximate surface area is 101 Å². The molecule has 0 amide bonds. The minimum atomic E-state index is -3.51. The Morgan fingerprint density at radius 3 is 2.76 bits per heavy atom. The number of hydrogen-bond donors (Lipinski definition) is 2. The maximum Gasteiger partial charge on any atom is 0.256 e. The highest BCUT2D eigenvalue weighted by molar-refractivity contribution is 7.89. The van der Waals surface area contributed by atoms with Crippen LogP contribution in [-0.4, -0.2) is 49.3 Å². The van der Waals surface area contributed by atoms with Crippen molar-refractivity contribution in [3.8, 4) is 0 Å². The lowest BCUT2D eigenvalue weighted by atomic mass is 10.3. The van der Waals surface area contributed by atoms with Crippen molar-refractivity contribution in [2.24, 2.45) is 7.05 Å². The largest absolute Gasteiger partial charge is 0.305 e. The van der Waals surface area contributed by atoms with E-state index in [0.717, 1.165) is 19.5 Å². The predicted octanol–water partition coefficient (Wildman–Crippen LogP) is -1.09. The molecule has 0 saturated carbocycles. The summed E-state index contributed by atoms with van der Waals surface area (Å²) >= 11 is 0. The van der Waals surface area contributed by atoms with Gasteiger partial charge in [-0.2, -0.15) is 5.10 Å². The third kappa shape index (κ3) is 3.03. The molecule has 2 heterocycles. The molecule has 0 spiro atoms. The maximum absolute atomic E-state index is 11.8. The summed E-state index contributed by atoms with van der Waals surface area (Å²) in [6.45, 7) is 1.82. The Morgan fingerprint density at radius 1 is 1.47 bits per heavy atom. The van der Waals surface area contributed by atoms with Crippen LogP contribution in [0.2, 0.25) is 0 Å². The molecule has 0 radical (unpaired) electrons. The van der Waals surface area contributed by atoms with Gasteiger partial charge in [-0.25, -0.2) is 13.8 Å². The van der Waals surface area contributed by atoms with Gasteiger partial charge in [0.2, 0.25) is 0 Å². The van der Waals surface area contributed by atoms with Crippen molar-refractivity contribution in [1.82, 2.24) is 24.9 Å². The van der Waals surface area contributed by atoms with Crippen LogP contribution in [0.25, 0.3) is 0 Å². The molecule has 0 aliphatic carbocycles. The van der Waals surface area contributed by atoms with Gasteiger partial charge in [0.05, 0.1) is 6.20 Å². The molecule has 0 aromatic carbocycles. The van der Waals surface area contributed by atoms with E-state index in [2.05, 4.69) is 20.3 Å². The van der Waals surface area contributed by atoms with E-state index in [-0.39, 0.29) is 10.9 Å². The fourth-order valence-corrected chi connectivity index (χ4v) is 2.73. The zero-order valence-corrected chi connectivity index (χ0v) is 10.7. The van der Waals surface area contributed by atoms with E-state index in [0.29, 0.717) is 0 Å². The first-order valence-corrected chi connectivity index (χ1v) is 6.90. The van der Waals surface area contributed by atoms with Gasteiger partial charge in [-0.3, -0.25) is 4.68 Å². The predicted molar refractivity (Wildman–Crippen MR) is 62.6 cm³/mol. The van der Waals surface area contributed by atoms with Crippen LogP contribution in [0.4, 0.5) is 0 Å². The first-order valence-electron chi connectivity index (χ1n) is 5.42. The van der Waals surface area contributed by atoms with Gasteiger partial charge in [-0.15, -0.1) is 4.83 Å². The molecule has 1 aromatic rings. The minimum absolute atomic E-state index is 0.159. The second-order valence-electron chi connectivity index (χ2n) is 4.35. The molecule has 8 heteroatoms. The van der Waals surface area contributed by atoms with Gasteiger partial charge in [-0.05, 0) is 20.0 Å². The van der Waals surface area contributed by atoms with Gasteiger partial charge >= 0.3 is 0 Å². The van der Waals surface area contributed by atoms with E-state index < -0.39 is 10.0 Å². The molecule has 1 aliphatic heterocycles. The van der Waals surface area contributed by atoms with E-state index >= 15 is 0 Å². The smallest absolute Gasteiger partial charge is 0.256 e. The highest BCUT2D eigenvalue weighted by atomic mass is 32.2. The van der Waals surface area contributed by atoms with Crippen molar-refractivity contribution >= 4 is 10.0 Å². The van der Waals surface area contributed by atoms with Crippen LogP contribution in [0.3, 0.4) is 0 Å². The topological polar surface area (TPSA) is 79.3 Å². The van der Waals surface area contributed by atoms with E-state index in [1.807, 2.05) is 7.05 Å². The van der Waals surface area contributed by atoms with E-state index in [9.17, 15) is 8.42 Å². The lowest BCUT2D eigenvalue weighted by molar-refractivity contribution is 0.393. The average molecular weight is 259 g/mol.